The minimum absolute atomic E-state index is 0.754. The molecule has 0 saturated heterocycles. The molecular formula is C24H40O. The Kier molecular flexibility index (Phi) is 15.6. The molecule has 1 heteroatoms. The lowest BCUT2D eigenvalue weighted by molar-refractivity contribution is 0.116. The van der Waals surface area contributed by atoms with E-state index in [-0.39, 0.29) is 0 Å². The highest BCUT2D eigenvalue weighted by Crippen LogP contribution is 2.09. The summed E-state index contributed by atoms with van der Waals surface area (Å²) in [7, 11) is 0. The van der Waals surface area contributed by atoms with Crippen LogP contribution < -0.4 is 0 Å². The van der Waals surface area contributed by atoms with Gasteiger partial charge in [-0.2, -0.15) is 0 Å². The maximum absolute atomic E-state index is 5.72. The fraction of sp³-hybridized carbons (Fsp3) is 0.667. The van der Waals surface area contributed by atoms with Gasteiger partial charge in [-0.25, -0.2) is 0 Å². The number of hydrogen-bond acceptors (Lipinski definition) is 1. The van der Waals surface area contributed by atoms with Crippen molar-refractivity contribution in [3.63, 3.8) is 0 Å². The van der Waals surface area contributed by atoms with Crippen molar-refractivity contribution in [1.29, 1.82) is 0 Å². The van der Waals surface area contributed by atoms with Gasteiger partial charge in [0.15, 0.2) is 0 Å². The summed E-state index contributed by atoms with van der Waals surface area (Å²) in [5, 5.41) is 0. The van der Waals surface area contributed by atoms with E-state index in [0.29, 0.717) is 0 Å². The van der Waals surface area contributed by atoms with Crippen molar-refractivity contribution in [1.82, 2.24) is 0 Å². The van der Waals surface area contributed by atoms with Gasteiger partial charge in [0.2, 0.25) is 0 Å². The van der Waals surface area contributed by atoms with Crippen LogP contribution in [0, 0.1) is 0 Å². The van der Waals surface area contributed by atoms with Crippen LogP contribution in [0.2, 0.25) is 0 Å². The first kappa shape index (κ1) is 22.0. The first-order chi connectivity index (χ1) is 12.4. The van der Waals surface area contributed by atoms with Gasteiger partial charge in [-0.15, -0.1) is 0 Å². The normalized spacial score (nSPS) is 11.4. The van der Waals surface area contributed by atoms with Gasteiger partial charge in [0, 0.05) is 6.61 Å². The second-order valence-corrected chi connectivity index (χ2v) is 7.12. The van der Waals surface area contributed by atoms with Crippen molar-refractivity contribution in [3.05, 3.63) is 48.0 Å². The summed E-state index contributed by atoms with van der Waals surface area (Å²) in [5.41, 5.74) is 1.27. The van der Waals surface area contributed by atoms with Gasteiger partial charge in [-0.1, -0.05) is 101 Å². The third-order valence-corrected chi connectivity index (χ3v) is 4.66. The molecule has 1 nitrogen and oxygen atoms in total. The molecule has 1 rings (SSSR count). The first-order valence-corrected chi connectivity index (χ1v) is 10.7. The summed E-state index contributed by atoms with van der Waals surface area (Å²) in [6.45, 7) is 3.93. The molecule has 0 radical (unpaired) electrons. The minimum atomic E-state index is 0.754. The van der Waals surface area contributed by atoms with Crippen molar-refractivity contribution in [2.45, 2.75) is 97.0 Å². The molecule has 0 amide bonds. The van der Waals surface area contributed by atoms with Gasteiger partial charge in [0.25, 0.3) is 0 Å². The van der Waals surface area contributed by atoms with Crippen LogP contribution in [0.1, 0.15) is 96.0 Å². The average Bonchev–Trinajstić information content (AvgIpc) is 2.65. The van der Waals surface area contributed by atoms with Crippen LogP contribution >= 0.6 is 0 Å². The number of ether oxygens (including phenoxy) is 1. The molecule has 0 spiro atoms. The van der Waals surface area contributed by atoms with E-state index in [9.17, 15) is 0 Å². The second-order valence-electron chi connectivity index (χ2n) is 7.12. The van der Waals surface area contributed by atoms with Crippen LogP contribution in [0.4, 0.5) is 0 Å². The molecule has 0 aliphatic heterocycles. The number of benzene rings is 1. The predicted molar refractivity (Wildman–Crippen MR) is 111 cm³/mol. The maximum Gasteiger partial charge on any atom is 0.0716 e. The van der Waals surface area contributed by atoms with Crippen LogP contribution in [0.25, 0.3) is 0 Å². The molecule has 0 fully saturated rings. The third-order valence-electron chi connectivity index (χ3n) is 4.66. The summed E-state index contributed by atoms with van der Waals surface area (Å²) >= 11 is 0. The number of hydrogen-bond donors (Lipinski definition) is 0. The van der Waals surface area contributed by atoms with Crippen molar-refractivity contribution >= 4 is 0 Å². The standard InChI is InChI=1S/C24H40O/c1-2-3-4-5-6-7-8-9-10-11-12-13-14-15-19-22-25-23-24-20-17-16-18-21-24/h9-10,16-18,20-21H,2-8,11-15,19,22-23H2,1H3/b10-9-. The number of rotatable bonds is 17. The van der Waals surface area contributed by atoms with Gasteiger partial charge in [0.1, 0.15) is 0 Å². The molecule has 0 heterocycles. The van der Waals surface area contributed by atoms with Crippen LogP contribution in [0.5, 0.6) is 0 Å². The molecule has 0 N–H and O–H groups in total. The molecule has 0 bridgehead atoms. The summed E-state index contributed by atoms with van der Waals surface area (Å²) in [6, 6.07) is 10.4. The Morgan fingerprint density at radius 2 is 1.24 bits per heavy atom. The summed E-state index contributed by atoms with van der Waals surface area (Å²) in [6.07, 6.45) is 22.3. The average molecular weight is 345 g/mol. The Morgan fingerprint density at radius 1 is 0.680 bits per heavy atom. The Bertz CT molecular complexity index is 396. The molecule has 0 aliphatic carbocycles. The van der Waals surface area contributed by atoms with E-state index in [1.54, 1.807) is 0 Å². The molecule has 1 aromatic rings. The molecule has 1 aromatic carbocycles. The Morgan fingerprint density at radius 3 is 1.88 bits per heavy atom. The highest BCUT2D eigenvalue weighted by atomic mass is 16.5. The van der Waals surface area contributed by atoms with Crippen molar-refractivity contribution in [2.75, 3.05) is 6.61 Å². The quantitative estimate of drug-likeness (QED) is 0.206. The Hall–Kier alpha value is -1.08. The smallest absolute Gasteiger partial charge is 0.0716 e. The van der Waals surface area contributed by atoms with Gasteiger partial charge in [-0.05, 0) is 37.7 Å². The van der Waals surface area contributed by atoms with Crippen molar-refractivity contribution in [3.8, 4) is 0 Å². The van der Waals surface area contributed by atoms with Gasteiger partial charge >= 0.3 is 0 Å². The highest BCUT2D eigenvalue weighted by Gasteiger charge is 1.93. The summed E-state index contributed by atoms with van der Waals surface area (Å²) < 4.78 is 5.72. The fourth-order valence-corrected chi connectivity index (χ4v) is 3.04. The van der Waals surface area contributed by atoms with E-state index in [2.05, 4.69) is 43.3 Å². The number of allylic oxidation sites excluding steroid dienone is 2. The summed E-state index contributed by atoms with van der Waals surface area (Å²) in [4.78, 5) is 0. The molecule has 142 valence electrons. The van der Waals surface area contributed by atoms with E-state index in [4.69, 9.17) is 4.74 Å². The van der Waals surface area contributed by atoms with E-state index in [1.807, 2.05) is 6.07 Å². The zero-order valence-corrected chi connectivity index (χ0v) is 16.6. The van der Waals surface area contributed by atoms with Crippen LogP contribution in [0.15, 0.2) is 42.5 Å². The molecular weight excluding hydrogens is 304 g/mol. The minimum Gasteiger partial charge on any atom is -0.377 e. The van der Waals surface area contributed by atoms with Crippen LogP contribution in [-0.4, -0.2) is 6.61 Å². The van der Waals surface area contributed by atoms with Crippen LogP contribution in [0.3, 0.4) is 0 Å². The topological polar surface area (TPSA) is 9.23 Å². The van der Waals surface area contributed by atoms with Crippen LogP contribution in [-0.2, 0) is 11.3 Å². The lowest BCUT2D eigenvalue weighted by atomic mass is 10.1. The maximum atomic E-state index is 5.72. The fourth-order valence-electron chi connectivity index (χ4n) is 3.04. The largest absolute Gasteiger partial charge is 0.377 e. The Balaban J connectivity index is 1.75. The predicted octanol–water partition coefficient (Wildman–Crippen LogP) is 7.85. The highest BCUT2D eigenvalue weighted by molar-refractivity contribution is 5.13. The van der Waals surface area contributed by atoms with Gasteiger partial charge < -0.3 is 4.74 Å². The molecule has 25 heavy (non-hydrogen) atoms. The molecule has 0 saturated carbocycles. The van der Waals surface area contributed by atoms with Crippen molar-refractivity contribution in [2.24, 2.45) is 0 Å². The SMILES string of the molecule is CCCCCCCC/C=C\CCCCCCCOCc1ccccc1. The molecule has 0 aliphatic rings. The number of unbranched alkanes of at least 4 members (excludes halogenated alkanes) is 11. The first-order valence-electron chi connectivity index (χ1n) is 10.7. The third kappa shape index (κ3) is 14.9. The van der Waals surface area contributed by atoms with E-state index in [0.717, 1.165) is 13.2 Å². The zero-order chi connectivity index (χ0) is 17.8. The molecule has 0 aromatic heterocycles. The monoisotopic (exact) mass is 344 g/mol. The van der Waals surface area contributed by atoms with Gasteiger partial charge in [0.05, 0.1) is 6.61 Å². The Labute approximate surface area is 156 Å². The van der Waals surface area contributed by atoms with Gasteiger partial charge in [-0.3, -0.25) is 0 Å². The van der Waals surface area contributed by atoms with E-state index >= 15 is 0 Å². The lowest BCUT2D eigenvalue weighted by Gasteiger charge is -2.04. The van der Waals surface area contributed by atoms with E-state index in [1.165, 1.54) is 89.0 Å². The summed E-state index contributed by atoms with van der Waals surface area (Å²) in [5.74, 6) is 0. The molecule has 0 atom stereocenters. The zero-order valence-electron chi connectivity index (χ0n) is 16.6. The van der Waals surface area contributed by atoms with E-state index < -0.39 is 0 Å². The second kappa shape index (κ2) is 17.7. The lowest BCUT2D eigenvalue weighted by Crippen LogP contribution is -1.95. The van der Waals surface area contributed by atoms with Crippen molar-refractivity contribution < 1.29 is 4.74 Å². The molecule has 0 unspecified atom stereocenters.